The molecule has 5 heteroatoms. The van der Waals surface area contributed by atoms with Crippen LogP contribution in [-0.4, -0.2) is 15.2 Å². The van der Waals surface area contributed by atoms with Crippen LogP contribution in [0.15, 0.2) is 41.8 Å². The Labute approximate surface area is 115 Å². The second kappa shape index (κ2) is 5.24. The zero-order valence-corrected chi connectivity index (χ0v) is 11.4. The zero-order chi connectivity index (χ0) is 13.1. The van der Waals surface area contributed by atoms with E-state index in [-0.39, 0.29) is 0 Å². The first-order valence-corrected chi connectivity index (χ1v) is 6.95. The van der Waals surface area contributed by atoms with Crippen LogP contribution in [-0.2, 0) is 6.54 Å². The Morgan fingerprint density at radius 1 is 1.21 bits per heavy atom. The number of aromatic amines is 1. The highest BCUT2D eigenvalue weighted by Crippen LogP contribution is 2.20. The molecule has 0 spiro atoms. The van der Waals surface area contributed by atoms with Crippen molar-refractivity contribution in [1.82, 2.24) is 15.2 Å². The maximum absolute atomic E-state index is 4.47. The van der Waals surface area contributed by atoms with Gasteiger partial charge >= 0.3 is 0 Å². The fraction of sp³-hybridized carbons (Fsp3) is 0.143. The van der Waals surface area contributed by atoms with Gasteiger partial charge in [-0.3, -0.25) is 5.10 Å². The van der Waals surface area contributed by atoms with E-state index in [1.807, 2.05) is 17.5 Å². The SMILES string of the molecule is Cc1ccc(NCc2nc(-c3cccs3)n[nH]2)cc1. The summed E-state index contributed by atoms with van der Waals surface area (Å²) in [6.45, 7) is 2.72. The van der Waals surface area contributed by atoms with E-state index in [9.17, 15) is 0 Å². The monoisotopic (exact) mass is 270 g/mol. The summed E-state index contributed by atoms with van der Waals surface area (Å²) < 4.78 is 0. The number of thiophene rings is 1. The Hall–Kier alpha value is -2.14. The molecule has 0 atom stereocenters. The molecule has 2 aromatic heterocycles. The maximum Gasteiger partial charge on any atom is 0.191 e. The van der Waals surface area contributed by atoms with Crippen molar-refractivity contribution in [1.29, 1.82) is 0 Å². The minimum atomic E-state index is 0.640. The maximum atomic E-state index is 4.47. The third-order valence-electron chi connectivity index (χ3n) is 2.78. The summed E-state index contributed by atoms with van der Waals surface area (Å²) in [6.07, 6.45) is 0. The quantitative estimate of drug-likeness (QED) is 0.763. The molecule has 19 heavy (non-hydrogen) atoms. The average molecular weight is 270 g/mol. The Bertz CT molecular complexity index is 640. The van der Waals surface area contributed by atoms with E-state index in [0.29, 0.717) is 6.54 Å². The van der Waals surface area contributed by atoms with Crippen LogP contribution >= 0.6 is 11.3 Å². The molecule has 0 aliphatic carbocycles. The summed E-state index contributed by atoms with van der Waals surface area (Å²) in [5.41, 5.74) is 2.34. The van der Waals surface area contributed by atoms with Crippen molar-refractivity contribution in [3.05, 3.63) is 53.2 Å². The molecular formula is C14H14N4S. The van der Waals surface area contributed by atoms with E-state index in [1.165, 1.54) is 5.56 Å². The molecule has 0 unspecified atom stereocenters. The van der Waals surface area contributed by atoms with Crippen LogP contribution in [0.3, 0.4) is 0 Å². The van der Waals surface area contributed by atoms with Crippen molar-refractivity contribution in [3.63, 3.8) is 0 Å². The normalized spacial score (nSPS) is 10.6. The summed E-state index contributed by atoms with van der Waals surface area (Å²) in [5, 5.41) is 12.5. The summed E-state index contributed by atoms with van der Waals surface area (Å²) in [4.78, 5) is 5.55. The van der Waals surface area contributed by atoms with Gasteiger partial charge in [-0.15, -0.1) is 11.3 Å². The summed E-state index contributed by atoms with van der Waals surface area (Å²) in [7, 11) is 0. The lowest BCUT2D eigenvalue weighted by Gasteiger charge is -2.03. The second-order valence-corrected chi connectivity index (χ2v) is 5.25. The van der Waals surface area contributed by atoms with Gasteiger partial charge in [-0.2, -0.15) is 5.10 Å². The molecule has 0 amide bonds. The molecule has 0 saturated heterocycles. The molecule has 4 nitrogen and oxygen atoms in total. The highest BCUT2D eigenvalue weighted by atomic mass is 32.1. The van der Waals surface area contributed by atoms with E-state index in [2.05, 4.69) is 51.7 Å². The van der Waals surface area contributed by atoms with Crippen LogP contribution in [0.5, 0.6) is 0 Å². The average Bonchev–Trinajstić information content (AvgIpc) is 3.09. The number of rotatable bonds is 4. The van der Waals surface area contributed by atoms with Gasteiger partial charge in [0.1, 0.15) is 5.82 Å². The number of benzene rings is 1. The van der Waals surface area contributed by atoms with Gasteiger partial charge in [0.15, 0.2) is 5.82 Å². The van der Waals surface area contributed by atoms with Crippen molar-refractivity contribution in [2.24, 2.45) is 0 Å². The number of nitrogens with one attached hydrogen (secondary N) is 2. The van der Waals surface area contributed by atoms with Crippen LogP contribution in [0.1, 0.15) is 11.4 Å². The number of nitrogens with zero attached hydrogens (tertiary/aromatic N) is 2. The lowest BCUT2D eigenvalue weighted by atomic mass is 10.2. The molecule has 0 aliphatic heterocycles. The van der Waals surface area contributed by atoms with Crippen LogP contribution in [0.25, 0.3) is 10.7 Å². The van der Waals surface area contributed by atoms with E-state index in [1.54, 1.807) is 11.3 Å². The molecule has 96 valence electrons. The van der Waals surface area contributed by atoms with E-state index in [4.69, 9.17) is 0 Å². The van der Waals surface area contributed by atoms with Gasteiger partial charge in [-0.1, -0.05) is 23.8 Å². The number of anilines is 1. The summed E-state index contributed by atoms with van der Waals surface area (Å²) >= 11 is 1.64. The van der Waals surface area contributed by atoms with Crippen molar-refractivity contribution < 1.29 is 0 Å². The number of aryl methyl sites for hydroxylation is 1. The van der Waals surface area contributed by atoms with Gasteiger partial charge in [0.25, 0.3) is 0 Å². The number of hydrogen-bond donors (Lipinski definition) is 2. The third kappa shape index (κ3) is 2.82. The lowest BCUT2D eigenvalue weighted by molar-refractivity contribution is 0.955. The fourth-order valence-corrected chi connectivity index (χ4v) is 2.41. The van der Waals surface area contributed by atoms with Gasteiger partial charge in [0.2, 0.25) is 0 Å². The Morgan fingerprint density at radius 3 is 2.79 bits per heavy atom. The van der Waals surface area contributed by atoms with Gasteiger partial charge < -0.3 is 5.32 Å². The van der Waals surface area contributed by atoms with Crippen molar-refractivity contribution in [3.8, 4) is 10.7 Å². The van der Waals surface area contributed by atoms with Crippen molar-refractivity contribution in [2.75, 3.05) is 5.32 Å². The Morgan fingerprint density at radius 2 is 2.05 bits per heavy atom. The molecule has 0 saturated carbocycles. The van der Waals surface area contributed by atoms with Crippen LogP contribution in [0, 0.1) is 6.92 Å². The predicted molar refractivity (Wildman–Crippen MR) is 78.2 cm³/mol. The molecule has 0 radical (unpaired) electrons. The first kappa shape index (κ1) is 11.9. The highest BCUT2D eigenvalue weighted by molar-refractivity contribution is 7.13. The van der Waals surface area contributed by atoms with Gasteiger partial charge in [0.05, 0.1) is 11.4 Å². The van der Waals surface area contributed by atoms with Crippen LogP contribution < -0.4 is 5.32 Å². The molecule has 3 aromatic rings. The molecular weight excluding hydrogens is 256 g/mol. The van der Waals surface area contributed by atoms with Gasteiger partial charge in [0, 0.05) is 5.69 Å². The standard InChI is InChI=1S/C14H14N4S/c1-10-4-6-11(7-5-10)15-9-13-16-14(18-17-13)12-3-2-8-19-12/h2-8,15H,9H2,1H3,(H,16,17,18). The number of aromatic nitrogens is 3. The van der Waals surface area contributed by atoms with Crippen LogP contribution in [0.2, 0.25) is 0 Å². The first-order chi connectivity index (χ1) is 9.31. The molecule has 0 aliphatic rings. The Kier molecular flexibility index (Phi) is 3.29. The number of H-pyrrole nitrogens is 1. The third-order valence-corrected chi connectivity index (χ3v) is 3.65. The molecule has 0 fully saturated rings. The van der Waals surface area contributed by atoms with E-state index >= 15 is 0 Å². The Balaban J connectivity index is 1.66. The van der Waals surface area contributed by atoms with Crippen molar-refractivity contribution in [2.45, 2.75) is 13.5 Å². The molecule has 3 rings (SSSR count). The summed E-state index contributed by atoms with van der Waals surface area (Å²) in [6, 6.07) is 12.3. The zero-order valence-electron chi connectivity index (χ0n) is 10.6. The first-order valence-electron chi connectivity index (χ1n) is 6.07. The van der Waals surface area contributed by atoms with Gasteiger partial charge in [-0.25, -0.2) is 4.98 Å². The minimum absolute atomic E-state index is 0.640. The molecule has 1 aromatic carbocycles. The molecule has 2 N–H and O–H groups in total. The smallest absolute Gasteiger partial charge is 0.191 e. The summed E-state index contributed by atoms with van der Waals surface area (Å²) in [5.74, 6) is 1.60. The molecule has 2 heterocycles. The number of hydrogen-bond acceptors (Lipinski definition) is 4. The predicted octanol–water partition coefficient (Wildman–Crippen LogP) is 3.45. The van der Waals surface area contributed by atoms with E-state index < -0.39 is 0 Å². The van der Waals surface area contributed by atoms with E-state index in [0.717, 1.165) is 22.2 Å². The minimum Gasteiger partial charge on any atom is -0.378 e. The largest absolute Gasteiger partial charge is 0.378 e. The second-order valence-electron chi connectivity index (χ2n) is 4.30. The van der Waals surface area contributed by atoms with Crippen molar-refractivity contribution >= 4 is 17.0 Å². The highest BCUT2D eigenvalue weighted by Gasteiger charge is 2.06. The van der Waals surface area contributed by atoms with Crippen LogP contribution in [0.4, 0.5) is 5.69 Å². The fourth-order valence-electron chi connectivity index (χ4n) is 1.75. The van der Waals surface area contributed by atoms with Gasteiger partial charge in [-0.05, 0) is 30.5 Å². The lowest BCUT2D eigenvalue weighted by Crippen LogP contribution is -2.01. The molecule has 0 bridgehead atoms. The topological polar surface area (TPSA) is 53.6 Å².